The second kappa shape index (κ2) is 8.68. The van der Waals surface area contributed by atoms with E-state index < -0.39 is 0 Å². The summed E-state index contributed by atoms with van der Waals surface area (Å²) in [6.45, 7) is 3.16. The van der Waals surface area contributed by atoms with Crippen molar-refractivity contribution in [3.05, 3.63) is 92.4 Å². The smallest absolute Gasteiger partial charge is 0.119 e. The number of hydrogen-bond donors (Lipinski definition) is 1. The molecule has 3 aromatic rings. The van der Waals surface area contributed by atoms with Crippen LogP contribution >= 0.6 is 34.8 Å². The number of anilines is 1. The maximum absolute atomic E-state index is 6.16. The summed E-state index contributed by atoms with van der Waals surface area (Å²) in [4.78, 5) is 0. The van der Waals surface area contributed by atoms with Crippen LogP contribution in [0.15, 0.2) is 60.7 Å². The van der Waals surface area contributed by atoms with Crippen LogP contribution in [0.25, 0.3) is 0 Å². The zero-order valence-electron chi connectivity index (χ0n) is 14.2. The number of nitrogens with one attached hydrogen (secondary N) is 1. The second-order valence-electron chi connectivity index (χ2n) is 5.98. The van der Waals surface area contributed by atoms with Gasteiger partial charge in [0.05, 0.1) is 0 Å². The zero-order chi connectivity index (χ0) is 18.5. The molecule has 0 heterocycles. The highest BCUT2D eigenvalue weighted by atomic mass is 35.5. The first kappa shape index (κ1) is 18.9. The van der Waals surface area contributed by atoms with Gasteiger partial charge in [0.1, 0.15) is 12.4 Å². The summed E-state index contributed by atoms with van der Waals surface area (Å²) < 4.78 is 5.80. The molecule has 26 heavy (non-hydrogen) atoms. The van der Waals surface area contributed by atoms with Crippen LogP contribution < -0.4 is 10.1 Å². The number of halogens is 3. The Labute approximate surface area is 168 Å². The quantitative estimate of drug-likeness (QED) is 0.469. The minimum atomic E-state index is 0.398. The van der Waals surface area contributed by atoms with Crippen molar-refractivity contribution in [2.24, 2.45) is 0 Å². The number of aryl methyl sites for hydroxylation is 1. The molecule has 0 unspecified atom stereocenters. The van der Waals surface area contributed by atoms with Crippen LogP contribution in [0.2, 0.25) is 15.1 Å². The summed E-state index contributed by atoms with van der Waals surface area (Å²) in [5, 5.41) is 5.35. The maximum Gasteiger partial charge on any atom is 0.119 e. The van der Waals surface area contributed by atoms with Crippen molar-refractivity contribution in [2.45, 2.75) is 20.1 Å². The molecule has 0 fully saturated rings. The van der Waals surface area contributed by atoms with Gasteiger partial charge in [-0.15, -0.1) is 0 Å². The molecule has 0 saturated heterocycles. The van der Waals surface area contributed by atoms with Crippen LogP contribution in [0.4, 0.5) is 5.69 Å². The molecule has 3 aromatic carbocycles. The number of hydrogen-bond acceptors (Lipinski definition) is 2. The highest BCUT2D eigenvalue weighted by Gasteiger charge is 2.04. The van der Waals surface area contributed by atoms with Crippen molar-refractivity contribution in [3.8, 4) is 5.75 Å². The molecule has 0 bridgehead atoms. The standard InChI is InChI=1S/C21H18Cl3NO/c1-14-2-6-18(23)11-21(14)25-12-15-3-8-19(9-4-15)26-13-16-5-7-17(22)10-20(16)24/h2-11,25H,12-13H2,1H3. The van der Waals surface area contributed by atoms with Crippen molar-refractivity contribution >= 4 is 40.5 Å². The Balaban J connectivity index is 1.57. The third kappa shape index (κ3) is 5.07. The zero-order valence-corrected chi connectivity index (χ0v) is 16.5. The average Bonchev–Trinajstić information content (AvgIpc) is 2.63. The van der Waals surface area contributed by atoms with E-state index in [0.29, 0.717) is 23.2 Å². The van der Waals surface area contributed by atoms with Gasteiger partial charge in [-0.3, -0.25) is 0 Å². The van der Waals surface area contributed by atoms with Crippen molar-refractivity contribution in [2.75, 3.05) is 5.32 Å². The van der Waals surface area contributed by atoms with Gasteiger partial charge in [-0.05, 0) is 54.4 Å². The third-order valence-corrected chi connectivity index (χ3v) is 4.84. The molecule has 0 atom stereocenters. The monoisotopic (exact) mass is 405 g/mol. The molecule has 1 N–H and O–H groups in total. The Kier molecular flexibility index (Phi) is 6.31. The van der Waals surface area contributed by atoms with E-state index in [-0.39, 0.29) is 0 Å². The summed E-state index contributed by atoms with van der Waals surface area (Å²) in [5.41, 5.74) is 4.25. The molecular formula is C21H18Cl3NO. The number of benzene rings is 3. The summed E-state index contributed by atoms with van der Waals surface area (Å²) in [6, 6.07) is 19.2. The van der Waals surface area contributed by atoms with Gasteiger partial charge in [-0.25, -0.2) is 0 Å². The lowest BCUT2D eigenvalue weighted by molar-refractivity contribution is 0.306. The largest absolute Gasteiger partial charge is 0.489 e. The molecule has 0 aliphatic rings. The van der Waals surface area contributed by atoms with Crippen molar-refractivity contribution in [3.63, 3.8) is 0 Å². The van der Waals surface area contributed by atoms with E-state index in [0.717, 1.165) is 33.1 Å². The molecule has 0 amide bonds. The average molecular weight is 407 g/mol. The molecule has 0 aromatic heterocycles. The van der Waals surface area contributed by atoms with Crippen LogP contribution in [0.1, 0.15) is 16.7 Å². The SMILES string of the molecule is Cc1ccc(Cl)cc1NCc1ccc(OCc2ccc(Cl)cc2Cl)cc1. The second-order valence-corrected chi connectivity index (χ2v) is 7.26. The predicted molar refractivity (Wildman–Crippen MR) is 111 cm³/mol. The van der Waals surface area contributed by atoms with Crippen LogP contribution in [0.3, 0.4) is 0 Å². The van der Waals surface area contributed by atoms with Crippen LogP contribution in [-0.4, -0.2) is 0 Å². The molecule has 134 valence electrons. The van der Waals surface area contributed by atoms with E-state index in [1.165, 1.54) is 0 Å². The van der Waals surface area contributed by atoms with Crippen LogP contribution in [0.5, 0.6) is 5.75 Å². The summed E-state index contributed by atoms with van der Waals surface area (Å²) >= 11 is 18.1. The maximum atomic E-state index is 6.16. The molecule has 2 nitrogen and oxygen atoms in total. The van der Waals surface area contributed by atoms with Gasteiger partial charge >= 0.3 is 0 Å². The highest BCUT2D eigenvalue weighted by molar-refractivity contribution is 6.35. The van der Waals surface area contributed by atoms with Crippen LogP contribution in [0, 0.1) is 6.92 Å². The lowest BCUT2D eigenvalue weighted by Crippen LogP contribution is -2.01. The topological polar surface area (TPSA) is 21.3 Å². The molecular weight excluding hydrogens is 389 g/mol. The Bertz CT molecular complexity index is 894. The Morgan fingerprint density at radius 2 is 1.54 bits per heavy atom. The number of rotatable bonds is 6. The van der Waals surface area contributed by atoms with Gasteiger partial charge < -0.3 is 10.1 Å². The first-order chi connectivity index (χ1) is 12.5. The fraction of sp³-hybridized carbons (Fsp3) is 0.143. The van der Waals surface area contributed by atoms with E-state index in [1.807, 2.05) is 48.5 Å². The summed E-state index contributed by atoms with van der Waals surface area (Å²) in [6.07, 6.45) is 0. The van der Waals surface area contributed by atoms with Crippen molar-refractivity contribution in [1.82, 2.24) is 0 Å². The van der Waals surface area contributed by atoms with E-state index in [1.54, 1.807) is 12.1 Å². The van der Waals surface area contributed by atoms with E-state index in [2.05, 4.69) is 12.2 Å². The molecule has 3 rings (SSSR count). The van der Waals surface area contributed by atoms with Gasteiger partial charge in [0.15, 0.2) is 0 Å². The summed E-state index contributed by atoms with van der Waals surface area (Å²) in [5.74, 6) is 0.790. The van der Waals surface area contributed by atoms with Crippen molar-refractivity contribution in [1.29, 1.82) is 0 Å². The molecule has 0 saturated carbocycles. The van der Waals surface area contributed by atoms with E-state index >= 15 is 0 Å². The van der Waals surface area contributed by atoms with Crippen LogP contribution in [-0.2, 0) is 13.2 Å². The Hall–Kier alpha value is -1.87. The van der Waals surface area contributed by atoms with E-state index in [9.17, 15) is 0 Å². The minimum Gasteiger partial charge on any atom is -0.489 e. The lowest BCUT2D eigenvalue weighted by atomic mass is 10.1. The van der Waals surface area contributed by atoms with Gasteiger partial charge in [0.2, 0.25) is 0 Å². The lowest BCUT2D eigenvalue weighted by Gasteiger charge is -2.11. The highest BCUT2D eigenvalue weighted by Crippen LogP contribution is 2.24. The first-order valence-corrected chi connectivity index (χ1v) is 9.30. The fourth-order valence-corrected chi connectivity index (χ4v) is 3.12. The minimum absolute atomic E-state index is 0.398. The van der Waals surface area contributed by atoms with Gasteiger partial charge in [-0.2, -0.15) is 0 Å². The number of ether oxygens (including phenoxy) is 1. The molecule has 0 spiro atoms. The van der Waals surface area contributed by atoms with Gasteiger partial charge in [0, 0.05) is 32.9 Å². The Morgan fingerprint density at radius 3 is 2.27 bits per heavy atom. The van der Waals surface area contributed by atoms with E-state index in [4.69, 9.17) is 39.5 Å². The summed E-state index contributed by atoms with van der Waals surface area (Å²) in [7, 11) is 0. The van der Waals surface area contributed by atoms with Gasteiger partial charge in [0.25, 0.3) is 0 Å². The first-order valence-electron chi connectivity index (χ1n) is 8.17. The third-order valence-electron chi connectivity index (χ3n) is 4.02. The van der Waals surface area contributed by atoms with Crippen molar-refractivity contribution < 1.29 is 4.74 Å². The molecule has 5 heteroatoms. The molecule has 0 aliphatic heterocycles. The predicted octanol–water partition coefficient (Wildman–Crippen LogP) is 7.15. The normalized spacial score (nSPS) is 10.6. The Morgan fingerprint density at radius 1 is 0.846 bits per heavy atom. The van der Waals surface area contributed by atoms with Gasteiger partial charge in [-0.1, -0.05) is 59.1 Å². The molecule has 0 aliphatic carbocycles. The molecule has 0 radical (unpaired) electrons. The fourth-order valence-electron chi connectivity index (χ4n) is 2.49.